The SMILES string of the molecule is CN1C(=O)S/C(=C\c2cc(Cl)c(OCc3ccc4c(c3)OCO4)c(Cl)c2)C1=O. The quantitative estimate of drug-likeness (QED) is 0.629. The molecule has 0 spiro atoms. The standard InChI is InChI=1S/C19H13Cl2NO5S/c1-22-18(23)16(28-19(22)24)7-11-4-12(20)17(13(21)5-11)25-8-10-2-3-14-15(6-10)27-9-26-14/h2-7H,8-9H2,1H3/b16-7-. The molecule has 9 heteroatoms. The van der Waals surface area contributed by atoms with Gasteiger partial charge in [-0.25, -0.2) is 0 Å². The third-order valence-electron chi connectivity index (χ3n) is 4.13. The third kappa shape index (κ3) is 3.65. The fraction of sp³-hybridized carbons (Fsp3) is 0.158. The number of halogens is 2. The zero-order valence-electron chi connectivity index (χ0n) is 14.5. The zero-order valence-corrected chi connectivity index (χ0v) is 16.9. The first-order chi connectivity index (χ1) is 13.4. The van der Waals surface area contributed by atoms with Crippen molar-refractivity contribution in [1.82, 2.24) is 4.90 Å². The van der Waals surface area contributed by atoms with Gasteiger partial charge >= 0.3 is 0 Å². The summed E-state index contributed by atoms with van der Waals surface area (Å²) in [4.78, 5) is 25.0. The Hall–Kier alpha value is -2.35. The van der Waals surface area contributed by atoms with Gasteiger partial charge in [0.1, 0.15) is 6.61 Å². The average Bonchev–Trinajstić information content (AvgIpc) is 3.21. The van der Waals surface area contributed by atoms with Crippen LogP contribution in [0, 0.1) is 0 Å². The fourth-order valence-corrected chi connectivity index (χ4v) is 4.12. The van der Waals surface area contributed by atoms with Crippen molar-refractivity contribution in [2.45, 2.75) is 6.61 Å². The minimum atomic E-state index is -0.356. The van der Waals surface area contributed by atoms with Crippen LogP contribution in [0.25, 0.3) is 6.08 Å². The first-order valence-corrected chi connectivity index (χ1v) is 9.71. The van der Waals surface area contributed by atoms with Crippen LogP contribution in [-0.4, -0.2) is 29.9 Å². The van der Waals surface area contributed by atoms with Crippen LogP contribution in [-0.2, 0) is 11.4 Å². The van der Waals surface area contributed by atoms with Crippen molar-refractivity contribution < 1.29 is 23.8 Å². The van der Waals surface area contributed by atoms with E-state index in [4.69, 9.17) is 37.4 Å². The molecular formula is C19H13Cl2NO5S. The molecule has 1 saturated heterocycles. The molecule has 2 heterocycles. The number of thioether (sulfide) groups is 1. The maximum Gasteiger partial charge on any atom is 0.293 e. The molecule has 4 rings (SSSR count). The molecule has 0 unspecified atom stereocenters. The van der Waals surface area contributed by atoms with Gasteiger partial charge in [0.15, 0.2) is 17.2 Å². The molecule has 2 aliphatic rings. The number of carbonyl (C=O) groups excluding carboxylic acids is 2. The number of imide groups is 1. The summed E-state index contributed by atoms with van der Waals surface area (Å²) >= 11 is 13.5. The highest BCUT2D eigenvalue weighted by atomic mass is 35.5. The molecule has 0 bridgehead atoms. The fourth-order valence-electron chi connectivity index (χ4n) is 2.68. The van der Waals surface area contributed by atoms with E-state index in [0.717, 1.165) is 22.2 Å². The van der Waals surface area contributed by atoms with Crippen molar-refractivity contribution in [2.75, 3.05) is 13.8 Å². The number of ether oxygens (including phenoxy) is 3. The molecule has 0 saturated carbocycles. The number of benzene rings is 2. The van der Waals surface area contributed by atoms with Crippen molar-refractivity contribution in [3.63, 3.8) is 0 Å². The second-order valence-electron chi connectivity index (χ2n) is 6.03. The van der Waals surface area contributed by atoms with Crippen LogP contribution >= 0.6 is 35.0 Å². The summed E-state index contributed by atoms with van der Waals surface area (Å²) in [6.07, 6.45) is 1.58. The summed E-state index contributed by atoms with van der Waals surface area (Å²) < 4.78 is 16.4. The number of hydrogen-bond acceptors (Lipinski definition) is 6. The van der Waals surface area contributed by atoms with E-state index in [0.29, 0.717) is 37.8 Å². The Labute approximate surface area is 174 Å². The molecule has 28 heavy (non-hydrogen) atoms. The van der Waals surface area contributed by atoms with Gasteiger partial charge in [0.05, 0.1) is 15.0 Å². The molecule has 2 amide bonds. The first kappa shape index (κ1) is 19.0. The smallest absolute Gasteiger partial charge is 0.293 e. The van der Waals surface area contributed by atoms with E-state index in [-0.39, 0.29) is 24.5 Å². The molecule has 2 aromatic rings. The zero-order chi connectivity index (χ0) is 19.8. The minimum Gasteiger partial charge on any atom is -0.486 e. The lowest BCUT2D eigenvalue weighted by atomic mass is 10.2. The highest BCUT2D eigenvalue weighted by molar-refractivity contribution is 8.18. The Morgan fingerprint density at radius 1 is 1.14 bits per heavy atom. The van der Waals surface area contributed by atoms with Crippen LogP contribution in [0.2, 0.25) is 10.0 Å². The number of hydrogen-bond donors (Lipinski definition) is 0. The number of likely N-dealkylation sites (N-methyl/N-ethyl adjacent to an activating group) is 1. The van der Waals surface area contributed by atoms with E-state index in [1.54, 1.807) is 18.2 Å². The summed E-state index contributed by atoms with van der Waals surface area (Å²) in [5.74, 6) is 1.34. The molecule has 6 nitrogen and oxygen atoms in total. The summed E-state index contributed by atoms with van der Waals surface area (Å²) in [6, 6.07) is 8.77. The Morgan fingerprint density at radius 2 is 1.86 bits per heavy atom. The number of fused-ring (bicyclic) bond motifs is 1. The largest absolute Gasteiger partial charge is 0.486 e. The maximum atomic E-state index is 12.0. The molecule has 0 aliphatic carbocycles. The van der Waals surface area contributed by atoms with Gasteiger partial charge in [-0.3, -0.25) is 14.5 Å². The van der Waals surface area contributed by atoms with Crippen LogP contribution in [0.5, 0.6) is 17.2 Å². The molecule has 0 radical (unpaired) electrons. The highest BCUT2D eigenvalue weighted by Gasteiger charge is 2.31. The molecule has 144 valence electrons. The normalized spacial score (nSPS) is 17.0. The third-order valence-corrected chi connectivity index (χ3v) is 5.65. The number of rotatable bonds is 4. The average molecular weight is 438 g/mol. The Kier molecular flexibility index (Phi) is 5.14. The van der Waals surface area contributed by atoms with Crippen LogP contribution in [0.15, 0.2) is 35.2 Å². The highest BCUT2D eigenvalue weighted by Crippen LogP contribution is 2.38. The van der Waals surface area contributed by atoms with E-state index in [1.165, 1.54) is 7.05 Å². The molecule has 0 aromatic heterocycles. The topological polar surface area (TPSA) is 65.1 Å². The van der Waals surface area contributed by atoms with E-state index in [9.17, 15) is 9.59 Å². The van der Waals surface area contributed by atoms with Crippen LogP contribution < -0.4 is 14.2 Å². The van der Waals surface area contributed by atoms with Crippen molar-refractivity contribution >= 4 is 52.2 Å². The van der Waals surface area contributed by atoms with Crippen molar-refractivity contribution in [3.8, 4) is 17.2 Å². The van der Waals surface area contributed by atoms with Crippen molar-refractivity contribution in [1.29, 1.82) is 0 Å². The van der Waals surface area contributed by atoms with E-state index >= 15 is 0 Å². The monoisotopic (exact) mass is 437 g/mol. The van der Waals surface area contributed by atoms with Crippen LogP contribution in [0.3, 0.4) is 0 Å². The Morgan fingerprint density at radius 3 is 2.54 bits per heavy atom. The van der Waals surface area contributed by atoms with Gasteiger partial charge in [-0.05, 0) is 53.2 Å². The lowest BCUT2D eigenvalue weighted by Crippen LogP contribution is -2.22. The molecule has 2 aromatic carbocycles. The molecular weight excluding hydrogens is 425 g/mol. The van der Waals surface area contributed by atoms with Gasteiger partial charge in [-0.15, -0.1) is 0 Å². The summed E-state index contributed by atoms with van der Waals surface area (Å²) in [6.45, 7) is 0.445. The second-order valence-corrected chi connectivity index (χ2v) is 7.84. The van der Waals surface area contributed by atoms with Gasteiger partial charge in [-0.2, -0.15) is 0 Å². The molecule has 0 atom stereocenters. The number of amides is 2. The minimum absolute atomic E-state index is 0.205. The number of nitrogens with zero attached hydrogens (tertiary/aromatic N) is 1. The maximum absolute atomic E-state index is 12.0. The summed E-state index contributed by atoms with van der Waals surface area (Å²) in [5.41, 5.74) is 1.47. The first-order valence-electron chi connectivity index (χ1n) is 8.14. The Balaban J connectivity index is 1.52. The van der Waals surface area contributed by atoms with Crippen molar-refractivity contribution in [3.05, 3.63) is 56.4 Å². The van der Waals surface area contributed by atoms with Crippen LogP contribution in [0.4, 0.5) is 4.79 Å². The van der Waals surface area contributed by atoms with Gasteiger partial charge in [0.25, 0.3) is 11.1 Å². The Bertz CT molecular complexity index is 1000. The summed E-state index contributed by atoms with van der Waals surface area (Å²) in [5, 5.41) is 0.280. The van der Waals surface area contributed by atoms with Gasteiger partial charge < -0.3 is 14.2 Å². The summed E-state index contributed by atoms with van der Waals surface area (Å²) in [7, 11) is 1.44. The second kappa shape index (κ2) is 7.58. The lowest BCUT2D eigenvalue weighted by Gasteiger charge is -2.11. The molecule has 0 N–H and O–H groups in total. The van der Waals surface area contributed by atoms with Crippen molar-refractivity contribution in [2.24, 2.45) is 0 Å². The lowest BCUT2D eigenvalue weighted by molar-refractivity contribution is -0.121. The van der Waals surface area contributed by atoms with E-state index in [1.807, 2.05) is 18.2 Å². The van der Waals surface area contributed by atoms with Gasteiger partial charge in [0, 0.05) is 7.05 Å². The predicted octanol–water partition coefficient (Wildman–Crippen LogP) is 4.97. The number of carbonyl (C=O) groups is 2. The molecule has 1 fully saturated rings. The van der Waals surface area contributed by atoms with Gasteiger partial charge in [0.2, 0.25) is 6.79 Å². The predicted molar refractivity (Wildman–Crippen MR) is 107 cm³/mol. The van der Waals surface area contributed by atoms with E-state index < -0.39 is 0 Å². The molecule has 2 aliphatic heterocycles. The van der Waals surface area contributed by atoms with Crippen LogP contribution in [0.1, 0.15) is 11.1 Å². The van der Waals surface area contributed by atoms with E-state index in [2.05, 4.69) is 0 Å². The van der Waals surface area contributed by atoms with Gasteiger partial charge in [-0.1, -0.05) is 29.3 Å².